The van der Waals surface area contributed by atoms with Crippen LogP contribution in [0.2, 0.25) is 0 Å². The van der Waals surface area contributed by atoms with E-state index in [1.165, 1.54) is 13.2 Å². The average molecular weight is 371 g/mol. The smallest absolute Gasteiger partial charge is 0.375 e. The van der Waals surface area contributed by atoms with Gasteiger partial charge in [-0.1, -0.05) is 18.2 Å². The maximum atomic E-state index is 12.6. The van der Waals surface area contributed by atoms with Gasteiger partial charge < -0.3 is 23.6 Å². The minimum absolute atomic E-state index is 0.0512. The number of benzene rings is 1. The topological polar surface area (TPSA) is 90.9 Å². The Morgan fingerprint density at radius 1 is 1.19 bits per heavy atom. The number of esters is 1. The van der Waals surface area contributed by atoms with Gasteiger partial charge in [0.1, 0.15) is 11.3 Å². The van der Waals surface area contributed by atoms with Crippen LogP contribution in [-0.2, 0) is 27.4 Å². The average Bonchev–Trinajstić information content (AvgIpc) is 3.32. The van der Waals surface area contributed by atoms with E-state index in [1.807, 2.05) is 25.1 Å². The van der Waals surface area contributed by atoms with Crippen LogP contribution in [0, 0.1) is 0 Å². The van der Waals surface area contributed by atoms with Crippen molar-refractivity contribution in [1.82, 2.24) is 5.32 Å². The lowest BCUT2D eigenvalue weighted by molar-refractivity contribution is -0.129. The summed E-state index contributed by atoms with van der Waals surface area (Å²) in [5.74, 6) is -0.475. The Balaban J connectivity index is 1.70. The second kappa shape index (κ2) is 8.55. The lowest BCUT2D eigenvalue weighted by atomic mass is 10.1. The molecule has 1 atom stereocenters. The van der Waals surface area contributed by atoms with Crippen molar-refractivity contribution < 1.29 is 27.9 Å². The van der Waals surface area contributed by atoms with Crippen molar-refractivity contribution >= 4 is 22.8 Å². The van der Waals surface area contributed by atoms with Crippen LogP contribution in [0.3, 0.4) is 0 Å². The van der Waals surface area contributed by atoms with Crippen LogP contribution in [0.1, 0.15) is 35.7 Å². The van der Waals surface area contributed by atoms with Gasteiger partial charge in [0.15, 0.2) is 6.10 Å². The monoisotopic (exact) mass is 371 g/mol. The molecular formula is C20H21NO6. The molecule has 7 heteroatoms. The van der Waals surface area contributed by atoms with E-state index in [-0.39, 0.29) is 18.9 Å². The van der Waals surface area contributed by atoms with E-state index in [4.69, 9.17) is 18.3 Å². The molecule has 1 amide bonds. The molecular weight excluding hydrogens is 350 g/mol. The molecule has 7 nitrogen and oxygen atoms in total. The molecule has 1 N–H and O–H groups in total. The molecule has 0 spiro atoms. The summed E-state index contributed by atoms with van der Waals surface area (Å²) in [6, 6.07) is 10.8. The summed E-state index contributed by atoms with van der Waals surface area (Å²) in [7, 11) is 0. The van der Waals surface area contributed by atoms with E-state index >= 15 is 0 Å². The number of furan rings is 2. The Morgan fingerprint density at radius 3 is 2.74 bits per heavy atom. The molecule has 142 valence electrons. The largest absolute Gasteiger partial charge is 0.467 e. The lowest BCUT2D eigenvalue weighted by Gasteiger charge is -2.12. The Bertz CT molecular complexity index is 912. The van der Waals surface area contributed by atoms with Gasteiger partial charge in [0, 0.05) is 17.6 Å². The van der Waals surface area contributed by atoms with Crippen molar-refractivity contribution in [3.8, 4) is 0 Å². The quantitative estimate of drug-likeness (QED) is 0.610. The highest BCUT2D eigenvalue weighted by Crippen LogP contribution is 2.27. The number of fused-ring (bicyclic) bond motifs is 1. The second-order valence-electron chi connectivity index (χ2n) is 5.89. The Hall–Kier alpha value is -3.06. The first-order valence-electron chi connectivity index (χ1n) is 8.69. The van der Waals surface area contributed by atoms with Gasteiger partial charge in [0.25, 0.3) is 5.91 Å². The molecule has 27 heavy (non-hydrogen) atoms. The van der Waals surface area contributed by atoms with Crippen LogP contribution in [0.25, 0.3) is 11.0 Å². The Kier molecular flexibility index (Phi) is 5.93. The third-order valence-electron chi connectivity index (χ3n) is 4.00. The molecule has 0 saturated carbocycles. The molecule has 2 aromatic heterocycles. The van der Waals surface area contributed by atoms with Gasteiger partial charge in [0.2, 0.25) is 5.76 Å². The highest BCUT2D eigenvalue weighted by molar-refractivity contribution is 5.97. The molecule has 1 aromatic carbocycles. The van der Waals surface area contributed by atoms with Gasteiger partial charge in [0.05, 0.1) is 19.4 Å². The number of para-hydroxylation sites is 1. The van der Waals surface area contributed by atoms with Crippen molar-refractivity contribution in [1.29, 1.82) is 0 Å². The van der Waals surface area contributed by atoms with E-state index in [0.29, 0.717) is 23.5 Å². The van der Waals surface area contributed by atoms with Gasteiger partial charge in [-0.15, -0.1) is 0 Å². The lowest BCUT2D eigenvalue weighted by Crippen LogP contribution is -2.35. The van der Waals surface area contributed by atoms with Crippen LogP contribution in [-0.4, -0.2) is 24.6 Å². The van der Waals surface area contributed by atoms with Crippen molar-refractivity contribution in [2.24, 2.45) is 0 Å². The molecule has 3 aromatic rings. The zero-order valence-corrected chi connectivity index (χ0v) is 15.2. The van der Waals surface area contributed by atoms with E-state index in [0.717, 1.165) is 5.39 Å². The van der Waals surface area contributed by atoms with Crippen molar-refractivity contribution in [3.05, 3.63) is 59.7 Å². The number of nitrogens with one attached hydrogen (secondary N) is 1. The summed E-state index contributed by atoms with van der Waals surface area (Å²) in [5, 5.41) is 3.44. The Morgan fingerprint density at radius 2 is 2.00 bits per heavy atom. The number of amides is 1. The number of rotatable bonds is 8. The number of carbonyl (C=O) groups is 2. The van der Waals surface area contributed by atoms with E-state index in [9.17, 15) is 9.59 Å². The van der Waals surface area contributed by atoms with E-state index in [1.54, 1.807) is 18.2 Å². The molecule has 0 aliphatic rings. The highest BCUT2D eigenvalue weighted by Gasteiger charge is 2.25. The van der Waals surface area contributed by atoms with Crippen LogP contribution < -0.4 is 5.32 Å². The molecule has 0 bridgehead atoms. The standard InChI is InChI=1S/C20H21NO6/c1-3-24-12-16-15-8-4-5-9-17(15)27-18(16)20(23)26-13(2)19(22)21-11-14-7-6-10-25-14/h4-10,13H,3,11-12H2,1-2H3,(H,21,22)/t13-/m0/s1. The maximum absolute atomic E-state index is 12.6. The number of carbonyl (C=O) groups excluding carboxylic acids is 2. The van der Waals surface area contributed by atoms with Crippen LogP contribution in [0.4, 0.5) is 0 Å². The van der Waals surface area contributed by atoms with E-state index in [2.05, 4.69) is 5.32 Å². The van der Waals surface area contributed by atoms with Crippen LogP contribution >= 0.6 is 0 Å². The third-order valence-corrected chi connectivity index (χ3v) is 4.00. The summed E-state index contributed by atoms with van der Waals surface area (Å²) in [6.07, 6.45) is 0.535. The fraction of sp³-hybridized carbons (Fsp3) is 0.300. The number of hydrogen-bond donors (Lipinski definition) is 1. The van der Waals surface area contributed by atoms with Crippen molar-refractivity contribution in [2.75, 3.05) is 6.61 Å². The summed E-state index contributed by atoms with van der Waals surface area (Å²) >= 11 is 0. The molecule has 0 radical (unpaired) electrons. The molecule has 0 aliphatic heterocycles. The normalized spacial score (nSPS) is 12.1. The zero-order chi connectivity index (χ0) is 19.2. The SMILES string of the molecule is CCOCc1c(C(=O)O[C@@H](C)C(=O)NCc2ccco2)oc2ccccc12. The first-order valence-corrected chi connectivity index (χ1v) is 8.69. The summed E-state index contributed by atoms with van der Waals surface area (Å²) in [6.45, 7) is 4.30. The first kappa shape index (κ1) is 18.7. The molecule has 0 fully saturated rings. The van der Waals surface area contributed by atoms with Crippen LogP contribution in [0.5, 0.6) is 0 Å². The van der Waals surface area contributed by atoms with Gasteiger partial charge >= 0.3 is 5.97 Å². The van der Waals surface area contributed by atoms with Crippen molar-refractivity contribution in [3.63, 3.8) is 0 Å². The molecule has 2 heterocycles. The fourth-order valence-corrected chi connectivity index (χ4v) is 2.61. The molecule has 3 rings (SSSR count). The summed E-state index contributed by atoms with van der Waals surface area (Å²) in [4.78, 5) is 24.7. The van der Waals surface area contributed by atoms with Gasteiger partial charge in [-0.05, 0) is 32.0 Å². The van der Waals surface area contributed by atoms with Gasteiger partial charge in [-0.3, -0.25) is 4.79 Å². The predicted molar refractivity (Wildman–Crippen MR) is 97.0 cm³/mol. The molecule has 0 aliphatic carbocycles. The minimum atomic E-state index is -0.986. The first-order chi connectivity index (χ1) is 13.1. The molecule has 0 unspecified atom stereocenters. The van der Waals surface area contributed by atoms with Gasteiger partial charge in [-0.25, -0.2) is 4.79 Å². The van der Waals surface area contributed by atoms with E-state index < -0.39 is 18.0 Å². The number of hydrogen-bond acceptors (Lipinski definition) is 6. The zero-order valence-electron chi connectivity index (χ0n) is 15.2. The highest BCUT2D eigenvalue weighted by atomic mass is 16.6. The summed E-state index contributed by atoms with van der Waals surface area (Å²) in [5.41, 5.74) is 1.18. The maximum Gasteiger partial charge on any atom is 0.375 e. The molecule has 0 saturated heterocycles. The summed E-state index contributed by atoms with van der Waals surface area (Å²) < 4.78 is 21.5. The predicted octanol–water partition coefficient (Wildman–Crippen LogP) is 3.42. The Labute approximate surface area is 156 Å². The minimum Gasteiger partial charge on any atom is -0.467 e. The fourth-order valence-electron chi connectivity index (χ4n) is 2.61. The van der Waals surface area contributed by atoms with Crippen molar-refractivity contribution in [2.45, 2.75) is 33.1 Å². The number of ether oxygens (including phenoxy) is 2. The van der Waals surface area contributed by atoms with Crippen LogP contribution in [0.15, 0.2) is 51.5 Å². The third kappa shape index (κ3) is 4.38. The second-order valence-corrected chi connectivity index (χ2v) is 5.89. The van der Waals surface area contributed by atoms with Gasteiger partial charge in [-0.2, -0.15) is 0 Å².